The van der Waals surface area contributed by atoms with Gasteiger partial charge >= 0.3 is 0 Å². The average molecular weight is 288 g/mol. The Balaban J connectivity index is 1.67. The summed E-state index contributed by atoms with van der Waals surface area (Å²) in [6, 6.07) is 4.56. The third-order valence-corrected chi connectivity index (χ3v) is 3.42. The van der Waals surface area contributed by atoms with E-state index in [1.807, 2.05) is 0 Å². The van der Waals surface area contributed by atoms with Crippen molar-refractivity contribution in [1.29, 1.82) is 0 Å². The van der Waals surface area contributed by atoms with Crippen LogP contribution >= 0.6 is 0 Å². The largest absolute Gasteiger partial charge is 0.379 e. The van der Waals surface area contributed by atoms with Gasteiger partial charge in [0, 0.05) is 30.7 Å². The SMILES string of the molecule is O=[N+]([O-])c1ccc2ncnc(NCCOCC3CC3)c2c1. The molecule has 0 amide bonds. The highest BCUT2D eigenvalue weighted by atomic mass is 16.6. The molecule has 0 saturated heterocycles. The van der Waals surface area contributed by atoms with E-state index in [4.69, 9.17) is 4.74 Å². The second kappa shape index (κ2) is 6.01. The lowest BCUT2D eigenvalue weighted by molar-refractivity contribution is -0.384. The Morgan fingerprint density at radius 3 is 3.00 bits per heavy atom. The van der Waals surface area contributed by atoms with Gasteiger partial charge in [-0.05, 0) is 24.8 Å². The Morgan fingerprint density at radius 2 is 2.24 bits per heavy atom. The highest BCUT2D eigenvalue weighted by Crippen LogP contribution is 2.28. The minimum Gasteiger partial charge on any atom is -0.379 e. The van der Waals surface area contributed by atoms with Crippen molar-refractivity contribution >= 4 is 22.4 Å². The Bertz CT molecular complexity index is 658. The van der Waals surface area contributed by atoms with Gasteiger partial charge in [0.2, 0.25) is 0 Å². The third kappa shape index (κ3) is 3.43. The molecule has 0 aliphatic heterocycles. The number of fused-ring (bicyclic) bond motifs is 1. The van der Waals surface area contributed by atoms with Gasteiger partial charge in [0.05, 0.1) is 17.0 Å². The second-order valence-corrected chi connectivity index (χ2v) is 5.13. The zero-order chi connectivity index (χ0) is 14.7. The van der Waals surface area contributed by atoms with E-state index in [-0.39, 0.29) is 5.69 Å². The van der Waals surface area contributed by atoms with E-state index in [2.05, 4.69) is 15.3 Å². The molecule has 1 fully saturated rings. The molecule has 7 nitrogen and oxygen atoms in total. The maximum absolute atomic E-state index is 10.8. The van der Waals surface area contributed by atoms with Crippen LogP contribution < -0.4 is 5.32 Å². The fourth-order valence-electron chi connectivity index (χ4n) is 2.08. The van der Waals surface area contributed by atoms with E-state index in [1.165, 1.54) is 31.3 Å². The summed E-state index contributed by atoms with van der Waals surface area (Å²) in [7, 11) is 0. The second-order valence-electron chi connectivity index (χ2n) is 5.13. The number of ether oxygens (including phenoxy) is 1. The molecule has 1 aromatic carbocycles. The van der Waals surface area contributed by atoms with Gasteiger partial charge in [-0.3, -0.25) is 10.1 Å². The number of anilines is 1. The Hall–Kier alpha value is -2.28. The predicted octanol–water partition coefficient (Wildman–Crippen LogP) is 2.38. The monoisotopic (exact) mass is 288 g/mol. The number of nitrogens with zero attached hydrogens (tertiary/aromatic N) is 3. The van der Waals surface area contributed by atoms with Crippen LogP contribution in [0.3, 0.4) is 0 Å². The molecule has 21 heavy (non-hydrogen) atoms. The lowest BCUT2D eigenvalue weighted by atomic mass is 10.2. The maximum atomic E-state index is 10.8. The van der Waals surface area contributed by atoms with Crippen molar-refractivity contribution in [3.63, 3.8) is 0 Å². The quantitative estimate of drug-likeness (QED) is 0.478. The van der Waals surface area contributed by atoms with Gasteiger partial charge in [-0.2, -0.15) is 0 Å². The molecule has 1 heterocycles. The van der Waals surface area contributed by atoms with Crippen LogP contribution in [0.4, 0.5) is 11.5 Å². The molecule has 1 aliphatic carbocycles. The normalized spacial score (nSPS) is 14.3. The zero-order valence-corrected chi connectivity index (χ0v) is 11.5. The fourth-order valence-corrected chi connectivity index (χ4v) is 2.08. The summed E-state index contributed by atoms with van der Waals surface area (Å²) in [4.78, 5) is 18.7. The van der Waals surface area contributed by atoms with Crippen molar-refractivity contribution in [3.05, 3.63) is 34.6 Å². The predicted molar refractivity (Wildman–Crippen MR) is 78.2 cm³/mol. The summed E-state index contributed by atoms with van der Waals surface area (Å²) in [5.41, 5.74) is 0.710. The number of rotatable bonds is 7. The van der Waals surface area contributed by atoms with Crippen LogP contribution in [0.1, 0.15) is 12.8 Å². The average Bonchev–Trinajstić information content (AvgIpc) is 3.30. The molecule has 0 spiro atoms. The summed E-state index contributed by atoms with van der Waals surface area (Å²) in [6.07, 6.45) is 3.99. The maximum Gasteiger partial charge on any atom is 0.270 e. The van der Waals surface area contributed by atoms with Gasteiger partial charge in [-0.25, -0.2) is 9.97 Å². The van der Waals surface area contributed by atoms with E-state index in [0.717, 1.165) is 12.5 Å². The first kappa shape index (κ1) is 13.7. The summed E-state index contributed by atoms with van der Waals surface area (Å²) >= 11 is 0. The van der Waals surface area contributed by atoms with Crippen LogP contribution in [0.2, 0.25) is 0 Å². The number of nitro benzene ring substituents is 1. The first-order valence-electron chi connectivity index (χ1n) is 6.95. The molecule has 2 aromatic rings. The van der Waals surface area contributed by atoms with E-state index >= 15 is 0 Å². The van der Waals surface area contributed by atoms with Crippen molar-refractivity contribution in [1.82, 2.24) is 9.97 Å². The Kier molecular flexibility index (Phi) is 3.92. The number of nitrogens with one attached hydrogen (secondary N) is 1. The number of aromatic nitrogens is 2. The van der Waals surface area contributed by atoms with E-state index in [9.17, 15) is 10.1 Å². The molecule has 7 heteroatoms. The van der Waals surface area contributed by atoms with Gasteiger partial charge in [-0.1, -0.05) is 0 Å². The molecule has 0 unspecified atom stereocenters. The van der Waals surface area contributed by atoms with Crippen LogP contribution in [0.25, 0.3) is 10.9 Å². The molecule has 1 aromatic heterocycles. The molecule has 0 bridgehead atoms. The van der Waals surface area contributed by atoms with Gasteiger partial charge in [0.15, 0.2) is 0 Å². The number of nitro groups is 1. The van der Waals surface area contributed by atoms with Gasteiger partial charge in [0.1, 0.15) is 12.1 Å². The van der Waals surface area contributed by atoms with Gasteiger partial charge in [0.25, 0.3) is 5.69 Å². The summed E-state index contributed by atoms with van der Waals surface area (Å²) in [5.74, 6) is 1.34. The van der Waals surface area contributed by atoms with Crippen LogP contribution in [-0.2, 0) is 4.74 Å². The molecular weight excluding hydrogens is 272 g/mol. The molecule has 1 aliphatic rings. The summed E-state index contributed by atoms with van der Waals surface area (Å²) in [5, 5.41) is 14.6. The third-order valence-electron chi connectivity index (χ3n) is 3.42. The number of hydrogen-bond donors (Lipinski definition) is 1. The minimum atomic E-state index is -0.422. The standard InChI is InChI=1S/C14H16N4O3/c19-18(20)11-3-4-13-12(7-11)14(17-9-16-13)15-5-6-21-8-10-1-2-10/h3-4,7,9-10H,1-2,5-6,8H2,(H,15,16,17). The summed E-state index contributed by atoms with van der Waals surface area (Å²) < 4.78 is 5.54. The van der Waals surface area contributed by atoms with Gasteiger partial charge < -0.3 is 10.1 Å². The minimum absolute atomic E-state index is 0.0327. The van der Waals surface area contributed by atoms with Crippen molar-refractivity contribution in [2.75, 3.05) is 25.1 Å². The van der Waals surface area contributed by atoms with Crippen molar-refractivity contribution in [2.24, 2.45) is 5.92 Å². The van der Waals surface area contributed by atoms with Crippen LogP contribution in [0.5, 0.6) is 0 Å². The van der Waals surface area contributed by atoms with E-state index < -0.39 is 4.92 Å². The van der Waals surface area contributed by atoms with Crippen LogP contribution in [0, 0.1) is 16.0 Å². The van der Waals surface area contributed by atoms with Crippen LogP contribution in [-0.4, -0.2) is 34.6 Å². The smallest absolute Gasteiger partial charge is 0.270 e. The molecule has 0 atom stereocenters. The highest BCUT2D eigenvalue weighted by Gasteiger charge is 2.20. The zero-order valence-electron chi connectivity index (χ0n) is 11.5. The summed E-state index contributed by atoms with van der Waals surface area (Å²) in [6.45, 7) is 2.02. The molecule has 1 saturated carbocycles. The number of non-ortho nitro benzene ring substituents is 1. The highest BCUT2D eigenvalue weighted by molar-refractivity contribution is 5.90. The topological polar surface area (TPSA) is 90.2 Å². The lowest BCUT2D eigenvalue weighted by Crippen LogP contribution is -2.12. The fraction of sp³-hybridized carbons (Fsp3) is 0.429. The Morgan fingerprint density at radius 1 is 1.38 bits per heavy atom. The number of hydrogen-bond acceptors (Lipinski definition) is 6. The molecule has 1 N–H and O–H groups in total. The van der Waals surface area contributed by atoms with Crippen molar-refractivity contribution < 1.29 is 9.66 Å². The van der Waals surface area contributed by atoms with Crippen LogP contribution in [0.15, 0.2) is 24.5 Å². The Labute approximate surface area is 121 Å². The molecule has 110 valence electrons. The number of benzene rings is 1. The lowest BCUT2D eigenvalue weighted by Gasteiger charge is -2.08. The molecule has 3 rings (SSSR count). The molecular formula is C14H16N4O3. The molecule has 0 radical (unpaired) electrons. The van der Waals surface area contributed by atoms with Crippen molar-refractivity contribution in [3.8, 4) is 0 Å². The van der Waals surface area contributed by atoms with Gasteiger partial charge in [-0.15, -0.1) is 0 Å². The van der Waals surface area contributed by atoms with Crippen molar-refractivity contribution in [2.45, 2.75) is 12.8 Å². The first-order valence-corrected chi connectivity index (χ1v) is 6.95. The first-order chi connectivity index (χ1) is 10.2. The van der Waals surface area contributed by atoms with E-state index in [1.54, 1.807) is 6.07 Å². The van der Waals surface area contributed by atoms with E-state index in [0.29, 0.717) is 29.9 Å².